The third kappa shape index (κ3) is 4.59. The molecule has 0 unspecified atom stereocenters. The number of thiocarbonyl (C=S) groups is 1. The van der Waals surface area contributed by atoms with E-state index in [1.807, 2.05) is 42.3 Å². The average molecular weight is 238 g/mol. The number of nitrogens with one attached hydrogen (secondary N) is 1. The van der Waals surface area contributed by atoms with E-state index in [0.29, 0.717) is 0 Å². The van der Waals surface area contributed by atoms with Crippen molar-refractivity contribution >= 4 is 23.0 Å². The number of para-hydroxylation sites is 1. The molecule has 0 fully saturated rings. The summed E-state index contributed by atoms with van der Waals surface area (Å²) in [6, 6.07) is 9.94. The third-order valence-corrected chi connectivity index (χ3v) is 2.63. The van der Waals surface area contributed by atoms with E-state index in [0.717, 1.165) is 30.4 Å². The van der Waals surface area contributed by atoms with E-state index in [-0.39, 0.29) is 0 Å². The molecule has 16 heavy (non-hydrogen) atoms. The lowest BCUT2D eigenvalue weighted by molar-refractivity contribution is 0.189. The molecule has 1 rings (SSSR count). The van der Waals surface area contributed by atoms with Crippen molar-refractivity contribution in [2.45, 2.75) is 6.42 Å². The zero-order valence-electron chi connectivity index (χ0n) is 9.77. The third-order valence-electron chi connectivity index (χ3n) is 2.21. The molecule has 0 bridgehead atoms. The van der Waals surface area contributed by atoms with Gasteiger partial charge in [0.2, 0.25) is 0 Å². The summed E-state index contributed by atoms with van der Waals surface area (Å²) in [7, 11) is 3.69. The zero-order chi connectivity index (χ0) is 11.8. The highest BCUT2D eigenvalue weighted by Gasteiger charge is 2.03. The second-order valence-electron chi connectivity index (χ2n) is 3.56. The molecule has 0 aliphatic carbocycles. The van der Waals surface area contributed by atoms with Crippen molar-refractivity contribution < 1.29 is 4.74 Å². The number of hydrogen-bond acceptors (Lipinski definition) is 2. The lowest BCUT2D eigenvalue weighted by Gasteiger charge is -2.20. The molecule has 88 valence electrons. The van der Waals surface area contributed by atoms with Crippen LogP contribution in [0.5, 0.6) is 0 Å². The van der Waals surface area contributed by atoms with Gasteiger partial charge in [0.05, 0.1) is 0 Å². The van der Waals surface area contributed by atoms with Crippen LogP contribution < -0.4 is 5.32 Å². The van der Waals surface area contributed by atoms with Crippen LogP contribution in [0, 0.1) is 0 Å². The highest BCUT2D eigenvalue weighted by atomic mass is 32.1. The first-order valence-electron chi connectivity index (χ1n) is 5.30. The smallest absolute Gasteiger partial charge is 0.173 e. The van der Waals surface area contributed by atoms with Gasteiger partial charge in [-0.3, -0.25) is 0 Å². The number of benzene rings is 1. The maximum absolute atomic E-state index is 5.28. The molecule has 1 aromatic carbocycles. The molecule has 0 heterocycles. The van der Waals surface area contributed by atoms with Crippen molar-refractivity contribution in [3.63, 3.8) is 0 Å². The van der Waals surface area contributed by atoms with Crippen molar-refractivity contribution in [3.05, 3.63) is 30.3 Å². The molecule has 1 N–H and O–H groups in total. The van der Waals surface area contributed by atoms with Crippen LogP contribution in [0.3, 0.4) is 0 Å². The number of rotatable bonds is 5. The predicted molar refractivity (Wildman–Crippen MR) is 71.8 cm³/mol. The number of methoxy groups -OCH3 is 1. The molecular formula is C12H18N2OS. The van der Waals surface area contributed by atoms with Gasteiger partial charge in [-0.05, 0) is 30.8 Å². The molecule has 0 spiro atoms. The summed E-state index contributed by atoms with van der Waals surface area (Å²) in [6.07, 6.45) is 0.976. The molecule has 0 amide bonds. The Labute approximate surface area is 102 Å². The molecule has 0 aromatic heterocycles. The van der Waals surface area contributed by atoms with E-state index >= 15 is 0 Å². The van der Waals surface area contributed by atoms with Crippen LogP contribution >= 0.6 is 12.2 Å². The molecule has 3 nitrogen and oxygen atoms in total. The predicted octanol–water partition coefficient (Wildman–Crippen LogP) is 2.35. The first-order chi connectivity index (χ1) is 7.74. The normalized spacial score (nSPS) is 9.88. The van der Waals surface area contributed by atoms with Gasteiger partial charge in [0, 0.05) is 33.0 Å². The molecule has 4 heteroatoms. The summed E-state index contributed by atoms with van der Waals surface area (Å²) in [6.45, 7) is 1.66. The fourth-order valence-electron chi connectivity index (χ4n) is 1.29. The van der Waals surface area contributed by atoms with Gasteiger partial charge in [-0.15, -0.1) is 0 Å². The van der Waals surface area contributed by atoms with Crippen LogP contribution in [0.1, 0.15) is 6.42 Å². The topological polar surface area (TPSA) is 24.5 Å². The van der Waals surface area contributed by atoms with Gasteiger partial charge in [-0.1, -0.05) is 18.2 Å². The van der Waals surface area contributed by atoms with E-state index in [1.165, 1.54) is 0 Å². The Bertz CT molecular complexity index is 316. The molecule has 0 saturated carbocycles. The van der Waals surface area contributed by atoms with Gasteiger partial charge in [-0.25, -0.2) is 0 Å². The second-order valence-corrected chi connectivity index (χ2v) is 3.95. The van der Waals surface area contributed by atoms with Gasteiger partial charge in [-0.2, -0.15) is 0 Å². The SMILES string of the molecule is COCCCN(C)C(=S)Nc1ccccc1. The summed E-state index contributed by atoms with van der Waals surface area (Å²) < 4.78 is 5.00. The van der Waals surface area contributed by atoms with Crippen LogP contribution in [0.25, 0.3) is 0 Å². The van der Waals surface area contributed by atoms with Gasteiger partial charge < -0.3 is 15.0 Å². The van der Waals surface area contributed by atoms with Gasteiger partial charge >= 0.3 is 0 Å². The van der Waals surface area contributed by atoms with Crippen molar-refractivity contribution in [3.8, 4) is 0 Å². The lowest BCUT2D eigenvalue weighted by Crippen LogP contribution is -2.32. The molecule has 0 aliphatic rings. The molecule has 0 saturated heterocycles. The summed E-state index contributed by atoms with van der Waals surface area (Å²) in [4.78, 5) is 2.02. The fourth-order valence-corrected chi connectivity index (χ4v) is 1.50. The van der Waals surface area contributed by atoms with E-state index in [2.05, 4.69) is 5.32 Å². The summed E-state index contributed by atoms with van der Waals surface area (Å²) in [5, 5.41) is 3.92. The first-order valence-corrected chi connectivity index (χ1v) is 5.71. The van der Waals surface area contributed by atoms with Gasteiger partial charge in [0.1, 0.15) is 0 Å². The first kappa shape index (κ1) is 12.9. The Morgan fingerprint density at radius 2 is 2.06 bits per heavy atom. The number of nitrogens with zero attached hydrogens (tertiary/aromatic N) is 1. The van der Waals surface area contributed by atoms with E-state index in [9.17, 15) is 0 Å². The number of ether oxygens (including phenoxy) is 1. The minimum Gasteiger partial charge on any atom is -0.385 e. The fraction of sp³-hybridized carbons (Fsp3) is 0.417. The van der Waals surface area contributed by atoms with Crippen molar-refractivity contribution in [1.82, 2.24) is 4.90 Å². The van der Waals surface area contributed by atoms with Crippen LogP contribution in [-0.4, -0.2) is 37.3 Å². The minimum atomic E-state index is 0.738. The largest absolute Gasteiger partial charge is 0.385 e. The van der Waals surface area contributed by atoms with Crippen LogP contribution in [-0.2, 0) is 4.74 Å². The molecule has 1 aromatic rings. The highest BCUT2D eigenvalue weighted by molar-refractivity contribution is 7.80. The second kappa shape index (κ2) is 7.19. The monoisotopic (exact) mass is 238 g/mol. The quantitative estimate of drug-likeness (QED) is 0.628. The zero-order valence-corrected chi connectivity index (χ0v) is 10.6. The van der Waals surface area contributed by atoms with Crippen LogP contribution in [0.4, 0.5) is 5.69 Å². The van der Waals surface area contributed by atoms with Crippen LogP contribution in [0.15, 0.2) is 30.3 Å². The summed E-state index contributed by atoms with van der Waals surface area (Å²) in [5.41, 5.74) is 1.02. The Kier molecular flexibility index (Phi) is 5.82. The number of hydrogen-bond donors (Lipinski definition) is 1. The Hall–Kier alpha value is -1.13. The summed E-state index contributed by atoms with van der Waals surface area (Å²) >= 11 is 5.28. The Morgan fingerprint density at radius 1 is 1.38 bits per heavy atom. The maximum atomic E-state index is 5.28. The van der Waals surface area contributed by atoms with Gasteiger partial charge in [0.15, 0.2) is 5.11 Å². The standard InChI is InChI=1S/C12H18N2OS/c1-14(9-6-10-15-2)12(16)13-11-7-4-3-5-8-11/h3-5,7-8H,6,9-10H2,1-2H3,(H,13,16). The average Bonchev–Trinajstić information content (AvgIpc) is 2.30. The minimum absolute atomic E-state index is 0.738. The molecule has 0 aliphatic heterocycles. The van der Waals surface area contributed by atoms with Crippen LogP contribution in [0.2, 0.25) is 0 Å². The lowest BCUT2D eigenvalue weighted by atomic mass is 10.3. The van der Waals surface area contributed by atoms with Crippen molar-refractivity contribution in [1.29, 1.82) is 0 Å². The Morgan fingerprint density at radius 3 is 2.69 bits per heavy atom. The van der Waals surface area contributed by atoms with Crippen molar-refractivity contribution in [2.75, 3.05) is 32.6 Å². The Balaban J connectivity index is 2.34. The molecule has 0 radical (unpaired) electrons. The van der Waals surface area contributed by atoms with Crippen molar-refractivity contribution in [2.24, 2.45) is 0 Å². The molecular weight excluding hydrogens is 220 g/mol. The van der Waals surface area contributed by atoms with E-state index < -0.39 is 0 Å². The summed E-state index contributed by atoms with van der Waals surface area (Å²) in [5.74, 6) is 0. The highest BCUT2D eigenvalue weighted by Crippen LogP contribution is 2.06. The maximum Gasteiger partial charge on any atom is 0.173 e. The van der Waals surface area contributed by atoms with E-state index in [1.54, 1.807) is 7.11 Å². The van der Waals surface area contributed by atoms with E-state index in [4.69, 9.17) is 17.0 Å². The van der Waals surface area contributed by atoms with Gasteiger partial charge in [0.25, 0.3) is 0 Å². The number of anilines is 1. The molecule has 0 atom stereocenters.